The molecule has 1 aromatic rings. The maximum Gasteiger partial charge on any atom is 0.0947 e. The fourth-order valence-corrected chi connectivity index (χ4v) is 1.00. The van der Waals surface area contributed by atoms with Crippen molar-refractivity contribution in [3.8, 4) is 0 Å². The predicted molar refractivity (Wildman–Crippen MR) is 53.6 cm³/mol. The monoisotopic (exact) mass is 182 g/mol. The van der Waals surface area contributed by atoms with Crippen molar-refractivity contribution in [2.75, 3.05) is 20.6 Å². The van der Waals surface area contributed by atoms with Gasteiger partial charge < -0.3 is 14.6 Å². The first-order chi connectivity index (χ1) is 6.20. The van der Waals surface area contributed by atoms with Crippen molar-refractivity contribution in [3.05, 3.63) is 24.2 Å². The Balaban J connectivity index is 2.14. The first-order valence-electron chi connectivity index (χ1n) is 4.58. The number of hydrogen-bond donors (Lipinski definition) is 1. The van der Waals surface area contributed by atoms with Crippen molar-refractivity contribution >= 4 is 0 Å². The van der Waals surface area contributed by atoms with Gasteiger partial charge in [0.25, 0.3) is 0 Å². The molecular formula is C10H18N2O. The molecule has 1 heterocycles. The Morgan fingerprint density at radius 3 is 2.85 bits per heavy atom. The highest BCUT2D eigenvalue weighted by Crippen LogP contribution is 1.98. The van der Waals surface area contributed by atoms with Crippen LogP contribution in [0.4, 0.5) is 0 Å². The molecule has 13 heavy (non-hydrogen) atoms. The molecule has 0 aliphatic heterocycles. The molecule has 0 amide bonds. The Labute approximate surface area is 79.7 Å². The average molecular weight is 182 g/mol. The van der Waals surface area contributed by atoms with Crippen molar-refractivity contribution < 1.29 is 4.42 Å². The van der Waals surface area contributed by atoms with Crippen molar-refractivity contribution in [1.82, 2.24) is 10.2 Å². The standard InChI is InChI=1S/C10H18N2O/c1-9(12(2)3)6-11-7-10-4-5-13-8-10/h4-5,8-9,11H,6-7H2,1-3H3. The van der Waals surface area contributed by atoms with Crippen molar-refractivity contribution in [1.29, 1.82) is 0 Å². The number of rotatable bonds is 5. The smallest absolute Gasteiger partial charge is 0.0947 e. The minimum absolute atomic E-state index is 0.562. The summed E-state index contributed by atoms with van der Waals surface area (Å²) in [7, 11) is 4.17. The normalized spacial score (nSPS) is 13.5. The van der Waals surface area contributed by atoms with E-state index in [1.54, 1.807) is 12.5 Å². The summed E-state index contributed by atoms with van der Waals surface area (Å²) in [4.78, 5) is 2.20. The van der Waals surface area contributed by atoms with Crippen LogP contribution in [0, 0.1) is 0 Å². The average Bonchev–Trinajstić information content (AvgIpc) is 2.56. The Morgan fingerprint density at radius 2 is 2.31 bits per heavy atom. The highest BCUT2D eigenvalue weighted by Gasteiger charge is 2.02. The SMILES string of the molecule is CC(CNCc1ccoc1)N(C)C. The molecule has 1 rings (SSSR count). The van der Waals surface area contributed by atoms with Gasteiger partial charge in [-0.25, -0.2) is 0 Å². The largest absolute Gasteiger partial charge is 0.472 e. The highest BCUT2D eigenvalue weighted by atomic mass is 16.3. The Kier molecular flexibility index (Phi) is 3.99. The number of likely N-dealkylation sites (N-methyl/N-ethyl adjacent to an activating group) is 1. The minimum Gasteiger partial charge on any atom is -0.472 e. The molecule has 1 atom stereocenters. The molecule has 0 fully saturated rings. The van der Waals surface area contributed by atoms with Gasteiger partial charge in [0.2, 0.25) is 0 Å². The molecule has 1 unspecified atom stereocenters. The number of hydrogen-bond acceptors (Lipinski definition) is 3. The number of nitrogens with one attached hydrogen (secondary N) is 1. The van der Waals surface area contributed by atoms with E-state index in [9.17, 15) is 0 Å². The van der Waals surface area contributed by atoms with E-state index in [-0.39, 0.29) is 0 Å². The zero-order valence-electron chi connectivity index (χ0n) is 8.58. The molecule has 0 bridgehead atoms. The minimum atomic E-state index is 0.562. The van der Waals surface area contributed by atoms with Crippen molar-refractivity contribution in [3.63, 3.8) is 0 Å². The fraction of sp³-hybridized carbons (Fsp3) is 0.600. The second-order valence-electron chi connectivity index (χ2n) is 3.58. The van der Waals surface area contributed by atoms with Gasteiger partial charge in [-0.05, 0) is 27.1 Å². The van der Waals surface area contributed by atoms with Crippen LogP contribution >= 0.6 is 0 Å². The van der Waals surface area contributed by atoms with Crippen LogP contribution in [-0.4, -0.2) is 31.6 Å². The lowest BCUT2D eigenvalue weighted by atomic mass is 10.3. The van der Waals surface area contributed by atoms with E-state index < -0.39 is 0 Å². The van der Waals surface area contributed by atoms with Crippen LogP contribution in [0.5, 0.6) is 0 Å². The summed E-state index contributed by atoms with van der Waals surface area (Å²) in [6, 6.07) is 2.54. The Morgan fingerprint density at radius 1 is 1.54 bits per heavy atom. The number of nitrogens with zero attached hydrogens (tertiary/aromatic N) is 1. The van der Waals surface area contributed by atoms with Crippen LogP contribution in [0.2, 0.25) is 0 Å². The predicted octanol–water partition coefficient (Wildman–Crippen LogP) is 1.32. The first kappa shape index (κ1) is 10.3. The summed E-state index contributed by atoms with van der Waals surface area (Å²) >= 11 is 0. The van der Waals surface area contributed by atoms with E-state index in [1.165, 1.54) is 5.56 Å². The molecule has 3 heteroatoms. The summed E-state index contributed by atoms with van der Waals surface area (Å²) in [6.07, 6.45) is 3.47. The zero-order valence-corrected chi connectivity index (χ0v) is 8.58. The Bertz CT molecular complexity index is 219. The molecule has 0 radical (unpaired) electrons. The van der Waals surface area contributed by atoms with Gasteiger partial charge in [-0.2, -0.15) is 0 Å². The second kappa shape index (κ2) is 5.04. The lowest BCUT2D eigenvalue weighted by Crippen LogP contribution is -2.35. The zero-order chi connectivity index (χ0) is 9.68. The maximum atomic E-state index is 4.97. The molecule has 1 N–H and O–H groups in total. The lowest BCUT2D eigenvalue weighted by Gasteiger charge is -2.19. The van der Waals surface area contributed by atoms with E-state index in [0.29, 0.717) is 6.04 Å². The van der Waals surface area contributed by atoms with Crippen LogP contribution < -0.4 is 5.32 Å². The summed E-state index contributed by atoms with van der Waals surface area (Å²) in [5, 5.41) is 3.37. The van der Waals surface area contributed by atoms with Gasteiger partial charge in [0.15, 0.2) is 0 Å². The third kappa shape index (κ3) is 3.61. The van der Waals surface area contributed by atoms with Gasteiger partial charge in [-0.3, -0.25) is 0 Å². The third-order valence-electron chi connectivity index (χ3n) is 2.23. The van der Waals surface area contributed by atoms with E-state index in [1.807, 2.05) is 6.07 Å². The maximum absolute atomic E-state index is 4.97. The van der Waals surface area contributed by atoms with E-state index in [0.717, 1.165) is 13.1 Å². The van der Waals surface area contributed by atoms with E-state index in [4.69, 9.17) is 4.42 Å². The van der Waals surface area contributed by atoms with Crippen LogP contribution in [0.25, 0.3) is 0 Å². The van der Waals surface area contributed by atoms with Gasteiger partial charge in [0, 0.05) is 24.7 Å². The second-order valence-corrected chi connectivity index (χ2v) is 3.58. The van der Waals surface area contributed by atoms with Crippen molar-refractivity contribution in [2.24, 2.45) is 0 Å². The molecular weight excluding hydrogens is 164 g/mol. The molecule has 0 saturated carbocycles. The topological polar surface area (TPSA) is 28.4 Å². The third-order valence-corrected chi connectivity index (χ3v) is 2.23. The summed E-state index contributed by atoms with van der Waals surface area (Å²) in [5.41, 5.74) is 1.20. The summed E-state index contributed by atoms with van der Waals surface area (Å²) < 4.78 is 4.97. The Hall–Kier alpha value is -0.800. The molecule has 74 valence electrons. The van der Waals surface area contributed by atoms with Gasteiger partial charge >= 0.3 is 0 Å². The van der Waals surface area contributed by atoms with E-state index in [2.05, 4.69) is 31.2 Å². The quantitative estimate of drug-likeness (QED) is 0.744. The molecule has 0 aliphatic carbocycles. The molecule has 0 aromatic carbocycles. The van der Waals surface area contributed by atoms with Crippen LogP contribution in [0.1, 0.15) is 12.5 Å². The van der Waals surface area contributed by atoms with Crippen molar-refractivity contribution in [2.45, 2.75) is 19.5 Å². The molecule has 0 spiro atoms. The summed E-state index contributed by atoms with van der Waals surface area (Å²) in [6.45, 7) is 4.08. The molecule has 1 aromatic heterocycles. The lowest BCUT2D eigenvalue weighted by molar-refractivity contribution is 0.302. The molecule has 3 nitrogen and oxygen atoms in total. The van der Waals surface area contributed by atoms with Gasteiger partial charge in [0.1, 0.15) is 0 Å². The van der Waals surface area contributed by atoms with E-state index >= 15 is 0 Å². The van der Waals surface area contributed by atoms with Gasteiger partial charge in [0.05, 0.1) is 12.5 Å². The van der Waals surface area contributed by atoms with Crippen LogP contribution in [0.15, 0.2) is 23.0 Å². The van der Waals surface area contributed by atoms with Gasteiger partial charge in [-0.1, -0.05) is 0 Å². The van der Waals surface area contributed by atoms with Gasteiger partial charge in [-0.15, -0.1) is 0 Å². The molecule has 0 saturated heterocycles. The highest BCUT2D eigenvalue weighted by molar-refractivity contribution is 5.04. The fourth-order valence-electron chi connectivity index (χ4n) is 1.00. The number of furan rings is 1. The molecule has 0 aliphatic rings. The first-order valence-corrected chi connectivity index (χ1v) is 4.58. The van der Waals surface area contributed by atoms with Crippen LogP contribution in [0.3, 0.4) is 0 Å². The summed E-state index contributed by atoms with van der Waals surface area (Å²) in [5.74, 6) is 0. The van der Waals surface area contributed by atoms with Crippen LogP contribution in [-0.2, 0) is 6.54 Å².